The molecule has 0 fully saturated rings. The molecule has 1 heteroatoms. The molecule has 0 aliphatic carbocycles. The quantitative estimate of drug-likeness (QED) is 0.748. The van der Waals surface area contributed by atoms with Crippen molar-refractivity contribution >= 4 is 0 Å². The summed E-state index contributed by atoms with van der Waals surface area (Å²) in [5.41, 5.74) is 2.90. The fourth-order valence-electron chi connectivity index (χ4n) is 2.27. The van der Waals surface area contributed by atoms with Crippen LogP contribution in [0.25, 0.3) is 0 Å². The topological polar surface area (TPSA) is 12.0 Å². The molecule has 0 saturated carbocycles. The van der Waals surface area contributed by atoms with Gasteiger partial charge in [-0.1, -0.05) is 57.9 Å². The summed E-state index contributed by atoms with van der Waals surface area (Å²) in [6.07, 6.45) is 5.04. The molecule has 1 aromatic rings. The molecule has 0 amide bonds. The zero-order chi connectivity index (χ0) is 12.7. The lowest BCUT2D eigenvalue weighted by Crippen LogP contribution is -2.36. The van der Waals surface area contributed by atoms with Crippen molar-refractivity contribution in [2.45, 2.75) is 65.5 Å². The smallest absolute Gasteiger partial charge is 0.0110 e. The van der Waals surface area contributed by atoms with E-state index in [4.69, 9.17) is 0 Å². The van der Waals surface area contributed by atoms with Crippen molar-refractivity contribution in [2.75, 3.05) is 0 Å². The lowest BCUT2D eigenvalue weighted by molar-refractivity contribution is 0.424. The molecule has 0 aliphatic heterocycles. The first-order valence-corrected chi connectivity index (χ1v) is 6.94. The summed E-state index contributed by atoms with van der Waals surface area (Å²) in [7, 11) is 0. The molecule has 1 N–H and O–H groups in total. The van der Waals surface area contributed by atoms with Crippen molar-refractivity contribution in [3.05, 3.63) is 35.4 Å². The van der Waals surface area contributed by atoms with Gasteiger partial charge in [0.1, 0.15) is 0 Å². The first kappa shape index (κ1) is 14.2. The maximum atomic E-state index is 3.69. The lowest BCUT2D eigenvalue weighted by atomic mass is 9.97. The van der Waals surface area contributed by atoms with E-state index in [9.17, 15) is 0 Å². The second-order valence-electron chi connectivity index (χ2n) is 5.29. The number of aryl methyl sites for hydroxylation is 1. The minimum absolute atomic E-state index is 0.570. The minimum atomic E-state index is 0.570. The molecule has 1 aromatic carbocycles. The Hall–Kier alpha value is -0.820. The number of nitrogens with one attached hydrogen (secondary N) is 1. The van der Waals surface area contributed by atoms with Crippen molar-refractivity contribution in [1.29, 1.82) is 0 Å². The number of unbranched alkanes of at least 4 members (excludes halogenated alkanes) is 1. The lowest BCUT2D eigenvalue weighted by Gasteiger charge is -2.22. The Bertz CT molecular complexity index is 317. The minimum Gasteiger partial charge on any atom is -0.311 e. The van der Waals surface area contributed by atoms with E-state index in [1.54, 1.807) is 0 Å². The fourth-order valence-corrected chi connectivity index (χ4v) is 2.27. The van der Waals surface area contributed by atoms with Gasteiger partial charge in [0.05, 0.1) is 0 Å². The number of hydrogen-bond acceptors (Lipinski definition) is 1. The highest BCUT2D eigenvalue weighted by molar-refractivity contribution is 5.26. The summed E-state index contributed by atoms with van der Waals surface area (Å²) in [4.78, 5) is 0. The van der Waals surface area contributed by atoms with Gasteiger partial charge in [0.15, 0.2) is 0 Å². The molecule has 1 nitrogen and oxygen atoms in total. The van der Waals surface area contributed by atoms with E-state index in [-0.39, 0.29) is 0 Å². The van der Waals surface area contributed by atoms with Crippen LogP contribution in [0.15, 0.2) is 24.3 Å². The molecule has 1 atom stereocenters. The molecule has 17 heavy (non-hydrogen) atoms. The van der Waals surface area contributed by atoms with Gasteiger partial charge in [-0.25, -0.2) is 0 Å². The number of hydrogen-bond donors (Lipinski definition) is 1. The Kier molecular flexibility index (Phi) is 6.28. The summed E-state index contributed by atoms with van der Waals surface area (Å²) in [5, 5.41) is 3.69. The van der Waals surface area contributed by atoms with Gasteiger partial charge in [-0.3, -0.25) is 0 Å². The van der Waals surface area contributed by atoms with Crippen LogP contribution >= 0.6 is 0 Å². The van der Waals surface area contributed by atoms with Gasteiger partial charge in [-0.05, 0) is 30.9 Å². The molecular weight excluding hydrogens is 206 g/mol. The van der Waals surface area contributed by atoms with Gasteiger partial charge < -0.3 is 5.32 Å². The molecular formula is C16H27N. The van der Waals surface area contributed by atoms with Gasteiger partial charge >= 0.3 is 0 Å². The van der Waals surface area contributed by atoms with Crippen LogP contribution in [0.3, 0.4) is 0 Å². The van der Waals surface area contributed by atoms with Crippen LogP contribution in [0, 0.1) is 6.92 Å². The third kappa shape index (κ3) is 5.36. The van der Waals surface area contributed by atoms with Crippen molar-refractivity contribution in [2.24, 2.45) is 0 Å². The van der Waals surface area contributed by atoms with Gasteiger partial charge in [0.25, 0.3) is 0 Å². The zero-order valence-electron chi connectivity index (χ0n) is 11.8. The normalized spacial score (nSPS) is 13.0. The Morgan fingerprint density at radius 3 is 2.47 bits per heavy atom. The van der Waals surface area contributed by atoms with E-state index in [0.717, 1.165) is 6.42 Å². The van der Waals surface area contributed by atoms with Gasteiger partial charge in [0.2, 0.25) is 0 Å². The molecule has 0 saturated heterocycles. The summed E-state index contributed by atoms with van der Waals surface area (Å²) in [6.45, 7) is 8.94. The highest BCUT2D eigenvalue weighted by Gasteiger charge is 2.11. The monoisotopic (exact) mass is 233 g/mol. The Balaban J connectivity index is 2.61. The maximum absolute atomic E-state index is 3.69. The largest absolute Gasteiger partial charge is 0.311 e. The summed E-state index contributed by atoms with van der Waals surface area (Å²) in [5.74, 6) is 0. The highest BCUT2D eigenvalue weighted by atomic mass is 14.9. The molecule has 0 bridgehead atoms. The van der Waals surface area contributed by atoms with Crippen LogP contribution in [0.4, 0.5) is 0 Å². The van der Waals surface area contributed by atoms with Crippen LogP contribution < -0.4 is 5.32 Å². The zero-order valence-corrected chi connectivity index (χ0v) is 11.8. The molecule has 0 heterocycles. The van der Waals surface area contributed by atoms with Crippen LogP contribution in [0.5, 0.6) is 0 Å². The first-order valence-electron chi connectivity index (χ1n) is 6.94. The average Bonchev–Trinajstić information content (AvgIpc) is 2.28. The van der Waals surface area contributed by atoms with Crippen molar-refractivity contribution in [1.82, 2.24) is 5.32 Å². The van der Waals surface area contributed by atoms with Crippen molar-refractivity contribution in [3.63, 3.8) is 0 Å². The predicted molar refractivity (Wildman–Crippen MR) is 76.5 cm³/mol. The molecule has 1 rings (SSSR count). The van der Waals surface area contributed by atoms with Gasteiger partial charge in [-0.15, -0.1) is 0 Å². The fraction of sp³-hybridized carbons (Fsp3) is 0.625. The Morgan fingerprint density at radius 2 is 1.88 bits per heavy atom. The molecule has 96 valence electrons. The van der Waals surface area contributed by atoms with E-state index in [1.165, 1.54) is 30.4 Å². The van der Waals surface area contributed by atoms with E-state index in [1.807, 2.05) is 0 Å². The standard InChI is InChI=1S/C16H27N/c1-5-6-11-16(17-13(2)3)12-15-10-8-7-9-14(15)4/h7-10,13,16-17H,5-6,11-12H2,1-4H3. The van der Waals surface area contributed by atoms with Crippen LogP contribution in [0.2, 0.25) is 0 Å². The van der Waals surface area contributed by atoms with Gasteiger partial charge in [-0.2, -0.15) is 0 Å². The third-order valence-electron chi connectivity index (χ3n) is 3.20. The molecule has 0 spiro atoms. The Morgan fingerprint density at radius 1 is 1.18 bits per heavy atom. The third-order valence-corrected chi connectivity index (χ3v) is 3.20. The predicted octanol–water partition coefficient (Wildman–Crippen LogP) is 4.09. The highest BCUT2D eigenvalue weighted by Crippen LogP contribution is 2.13. The summed E-state index contributed by atoms with van der Waals surface area (Å²) in [6, 6.07) is 9.93. The van der Waals surface area contributed by atoms with Gasteiger partial charge in [0, 0.05) is 12.1 Å². The molecule has 0 aliphatic rings. The maximum Gasteiger partial charge on any atom is 0.0110 e. The van der Waals surface area contributed by atoms with E-state index in [2.05, 4.69) is 57.3 Å². The average molecular weight is 233 g/mol. The molecule has 0 aromatic heterocycles. The first-order chi connectivity index (χ1) is 8.13. The second kappa shape index (κ2) is 7.50. The summed E-state index contributed by atoms with van der Waals surface area (Å²) < 4.78 is 0. The Labute approximate surface area is 107 Å². The second-order valence-corrected chi connectivity index (χ2v) is 5.29. The van der Waals surface area contributed by atoms with E-state index >= 15 is 0 Å². The van der Waals surface area contributed by atoms with Crippen molar-refractivity contribution < 1.29 is 0 Å². The molecule has 1 unspecified atom stereocenters. The summed E-state index contributed by atoms with van der Waals surface area (Å²) >= 11 is 0. The van der Waals surface area contributed by atoms with Crippen LogP contribution in [0.1, 0.15) is 51.2 Å². The van der Waals surface area contributed by atoms with E-state index in [0.29, 0.717) is 12.1 Å². The van der Waals surface area contributed by atoms with Crippen LogP contribution in [-0.2, 0) is 6.42 Å². The SMILES string of the molecule is CCCCC(Cc1ccccc1C)NC(C)C. The van der Waals surface area contributed by atoms with E-state index < -0.39 is 0 Å². The van der Waals surface area contributed by atoms with Crippen LogP contribution in [-0.4, -0.2) is 12.1 Å². The number of rotatable bonds is 7. The molecule has 0 radical (unpaired) electrons. The van der Waals surface area contributed by atoms with Crippen molar-refractivity contribution in [3.8, 4) is 0 Å². The number of benzene rings is 1.